The molecule has 1 aliphatic heterocycles. The van der Waals surface area contributed by atoms with Crippen LogP contribution in [0.15, 0.2) is 35.9 Å². The summed E-state index contributed by atoms with van der Waals surface area (Å²) in [6, 6.07) is 7.55. The molecule has 5 heteroatoms. The number of nitrogens with zero attached hydrogens (tertiary/aromatic N) is 1. The second kappa shape index (κ2) is 6.92. The molecule has 1 aromatic carbocycles. The van der Waals surface area contributed by atoms with Gasteiger partial charge in [0, 0.05) is 17.8 Å². The Morgan fingerprint density at radius 1 is 1.48 bits per heavy atom. The summed E-state index contributed by atoms with van der Waals surface area (Å²) in [4.78, 5) is 25.0. The van der Waals surface area contributed by atoms with E-state index in [-0.39, 0.29) is 12.0 Å². The van der Waals surface area contributed by atoms with Gasteiger partial charge in [-0.15, -0.1) is 0 Å². The maximum Gasteiger partial charge on any atom is 0.414 e. The van der Waals surface area contributed by atoms with Crippen molar-refractivity contribution >= 4 is 17.7 Å². The molecule has 1 fully saturated rings. The summed E-state index contributed by atoms with van der Waals surface area (Å²) in [5.74, 6) is -0.0668. The molecular weight excluding hydrogens is 268 g/mol. The summed E-state index contributed by atoms with van der Waals surface area (Å²) < 4.78 is 4.93. The Bertz CT molecular complexity index is 566. The van der Waals surface area contributed by atoms with Gasteiger partial charge in [-0.3, -0.25) is 9.69 Å². The second-order valence-corrected chi connectivity index (χ2v) is 4.91. The van der Waals surface area contributed by atoms with E-state index in [0.717, 1.165) is 23.2 Å². The lowest BCUT2D eigenvalue weighted by atomic mass is 10.1. The monoisotopic (exact) mass is 288 g/mol. The average molecular weight is 288 g/mol. The van der Waals surface area contributed by atoms with Crippen molar-refractivity contribution < 1.29 is 14.3 Å². The van der Waals surface area contributed by atoms with E-state index in [1.54, 1.807) is 11.8 Å². The first-order chi connectivity index (χ1) is 10.1. The molecule has 0 atom stereocenters. The predicted molar refractivity (Wildman–Crippen MR) is 81.0 cm³/mol. The van der Waals surface area contributed by atoms with Gasteiger partial charge < -0.3 is 10.1 Å². The van der Waals surface area contributed by atoms with Gasteiger partial charge in [-0.2, -0.15) is 0 Å². The molecule has 0 saturated carbocycles. The zero-order valence-corrected chi connectivity index (χ0v) is 12.4. The maximum absolute atomic E-state index is 11.8. The number of hydrogen-bond donors (Lipinski definition) is 1. The van der Waals surface area contributed by atoms with Crippen molar-refractivity contribution in [1.29, 1.82) is 0 Å². The number of nitrogens with one attached hydrogen (secondary N) is 1. The molecule has 112 valence electrons. The highest BCUT2D eigenvalue weighted by Gasteiger charge is 2.23. The topological polar surface area (TPSA) is 58.6 Å². The van der Waals surface area contributed by atoms with Crippen LogP contribution < -0.4 is 10.2 Å². The Labute approximate surface area is 124 Å². The summed E-state index contributed by atoms with van der Waals surface area (Å²) in [5.41, 5.74) is 2.46. The highest BCUT2D eigenvalue weighted by Crippen LogP contribution is 2.19. The molecule has 21 heavy (non-hydrogen) atoms. The number of benzene rings is 1. The summed E-state index contributed by atoms with van der Waals surface area (Å²) in [7, 11) is 0. The third kappa shape index (κ3) is 3.84. The van der Waals surface area contributed by atoms with Crippen LogP contribution in [0.2, 0.25) is 0 Å². The van der Waals surface area contributed by atoms with E-state index in [9.17, 15) is 9.59 Å². The lowest BCUT2D eigenvalue weighted by molar-refractivity contribution is -0.117. The van der Waals surface area contributed by atoms with E-state index in [2.05, 4.69) is 5.32 Å². The fraction of sp³-hybridized carbons (Fsp3) is 0.375. The summed E-state index contributed by atoms with van der Waals surface area (Å²) >= 11 is 0. The van der Waals surface area contributed by atoms with Crippen molar-refractivity contribution in [2.24, 2.45) is 0 Å². The number of allylic oxidation sites excluding steroid dienone is 1. The van der Waals surface area contributed by atoms with E-state index in [0.29, 0.717) is 19.7 Å². The van der Waals surface area contributed by atoms with Crippen molar-refractivity contribution in [2.45, 2.75) is 26.8 Å². The largest absolute Gasteiger partial charge is 0.447 e. The van der Waals surface area contributed by atoms with E-state index < -0.39 is 0 Å². The first kappa shape index (κ1) is 15.1. The molecule has 0 aromatic heterocycles. The Kier molecular flexibility index (Phi) is 4.98. The molecule has 2 rings (SSSR count). The summed E-state index contributed by atoms with van der Waals surface area (Å²) in [5, 5.41) is 2.87. The second-order valence-electron chi connectivity index (χ2n) is 4.91. The molecule has 1 aromatic rings. The maximum atomic E-state index is 11.8. The van der Waals surface area contributed by atoms with Crippen LogP contribution in [0.1, 0.15) is 25.8 Å². The van der Waals surface area contributed by atoms with E-state index >= 15 is 0 Å². The third-order valence-electron chi connectivity index (χ3n) is 3.30. The number of cyclic esters (lactones) is 1. The van der Waals surface area contributed by atoms with Crippen molar-refractivity contribution in [1.82, 2.24) is 5.32 Å². The zero-order valence-electron chi connectivity index (χ0n) is 12.4. The molecule has 0 radical (unpaired) electrons. The number of hydrogen-bond acceptors (Lipinski definition) is 3. The third-order valence-corrected chi connectivity index (χ3v) is 3.30. The molecule has 1 saturated heterocycles. The van der Waals surface area contributed by atoms with Crippen LogP contribution >= 0.6 is 0 Å². The minimum absolute atomic E-state index is 0.0668. The van der Waals surface area contributed by atoms with Gasteiger partial charge in [0.15, 0.2) is 0 Å². The number of ether oxygens (including phenoxy) is 1. The average Bonchev–Trinajstić information content (AvgIpc) is 2.91. The molecule has 0 unspecified atom stereocenters. The van der Waals surface area contributed by atoms with Crippen molar-refractivity contribution in [3.63, 3.8) is 0 Å². The lowest BCUT2D eigenvalue weighted by Gasteiger charge is -2.14. The van der Waals surface area contributed by atoms with Crippen LogP contribution in [0.4, 0.5) is 10.5 Å². The highest BCUT2D eigenvalue weighted by atomic mass is 16.6. The molecule has 1 N–H and O–H groups in total. The van der Waals surface area contributed by atoms with Crippen LogP contribution in [-0.2, 0) is 16.1 Å². The Morgan fingerprint density at radius 2 is 2.29 bits per heavy atom. The van der Waals surface area contributed by atoms with Crippen molar-refractivity contribution in [2.75, 3.05) is 18.1 Å². The van der Waals surface area contributed by atoms with Crippen LogP contribution in [0.5, 0.6) is 0 Å². The quantitative estimate of drug-likeness (QED) is 0.847. The fourth-order valence-corrected chi connectivity index (χ4v) is 2.18. The number of amides is 2. The van der Waals surface area contributed by atoms with Crippen LogP contribution in [0.3, 0.4) is 0 Å². The van der Waals surface area contributed by atoms with Crippen LogP contribution in [-0.4, -0.2) is 25.2 Å². The Balaban J connectivity index is 2.00. The molecule has 5 nitrogen and oxygen atoms in total. The first-order valence-electron chi connectivity index (χ1n) is 7.10. The molecule has 0 bridgehead atoms. The van der Waals surface area contributed by atoms with E-state index in [4.69, 9.17) is 4.74 Å². The SMILES string of the molecule is CC/C=C(/C)C(=O)NCc1cccc(N2CCOC2=O)c1. The highest BCUT2D eigenvalue weighted by molar-refractivity contribution is 5.92. The van der Waals surface area contributed by atoms with Crippen molar-refractivity contribution in [3.8, 4) is 0 Å². The summed E-state index contributed by atoms with van der Waals surface area (Å²) in [6.07, 6.45) is 2.41. The Hall–Kier alpha value is -2.30. The number of carbonyl (C=O) groups excluding carboxylic acids is 2. The van der Waals surface area contributed by atoms with Crippen LogP contribution in [0.25, 0.3) is 0 Å². The van der Waals surface area contributed by atoms with Gasteiger partial charge in [0.05, 0.1) is 6.54 Å². The van der Waals surface area contributed by atoms with Gasteiger partial charge in [0.25, 0.3) is 0 Å². The standard InChI is InChI=1S/C16H20N2O3/c1-3-5-12(2)15(19)17-11-13-6-4-7-14(10-13)18-8-9-21-16(18)20/h4-7,10H,3,8-9,11H2,1-2H3,(H,17,19)/b12-5-. The van der Waals surface area contributed by atoms with Gasteiger partial charge in [0.2, 0.25) is 5.91 Å². The minimum atomic E-state index is -0.321. The minimum Gasteiger partial charge on any atom is -0.447 e. The van der Waals surface area contributed by atoms with Gasteiger partial charge in [0.1, 0.15) is 6.61 Å². The van der Waals surface area contributed by atoms with E-state index in [1.807, 2.05) is 37.3 Å². The molecule has 0 aliphatic carbocycles. The molecule has 2 amide bonds. The number of carbonyl (C=O) groups is 2. The smallest absolute Gasteiger partial charge is 0.414 e. The van der Waals surface area contributed by atoms with Crippen LogP contribution in [0, 0.1) is 0 Å². The molecule has 0 spiro atoms. The lowest BCUT2D eigenvalue weighted by Crippen LogP contribution is -2.25. The van der Waals surface area contributed by atoms with E-state index in [1.165, 1.54) is 0 Å². The molecule has 1 aliphatic rings. The predicted octanol–water partition coefficient (Wildman–Crippen LogP) is 2.62. The normalized spacial score (nSPS) is 15.0. The Morgan fingerprint density at radius 3 is 2.95 bits per heavy atom. The van der Waals surface area contributed by atoms with Crippen molar-refractivity contribution in [3.05, 3.63) is 41.5 Å². The molecular formula is C16H20N2O3. The van der Waals surface area contributed by atoms with Gasteiger partial charge in [-0.1, -0.05) is 25.1 Å². The first-order valence-corrected chi connectivity index (χ1v) is 7.10. The van der Waals surface area contributed by atoms with Gasteiger partial charge >= 0.3 is 6.09 Å². The summed E-state index contributed by atoms with van der Waals surface area (Å²) in [6.45, 7) is 5.21. The molecule has 1 heterocycles. The zero-order chi connectivity index (χ0) is 15.2. The van der Waals surface area contributed by atoms with Gasteiger partial charge in [-0.05, 0) is 31.0 Å². The van der Waals surface area contributed by atoms with Gasteiger partial charge in [-0.25, -0.2) is 4.79 Å². The number of rotatable bonds is 5. The number of anilines is 1. The fourth-order valence-electron chi connectivity index (χ4n) is 2.18.